The van der Waals surface area contributed by atoms with Crippen LogP contribution in [0.15, 0.2) is 121 Å². The second-order valence-corrected chi connectivity index (χ2v) is 27.6. The predicted octanol–water partition coefficient (Wildman–Crippen LogP) is -5.36. The summed E-state index contributed by atoms with van der Waals surface area (Å²) < 4.78 is 0. The molecule has 5 rings (SSSR count). The molecule has 0 saturated heterocycles. The van der Waals surface area contributed by atoms with Crippen LogP contribution >= 0.6 is 25.3 Å². The predicted molar refractivity (Wildman–Crippen MR) is 423 cm³/mol. The average Bonchev–Trinajstić information content (AvgIpc) is 1.72. The Balaban J connectivity index is 1.47. The maximum atomic E-state index is 15.4. The van der Waals surface area contributed by atoms with Crippen molar-refractivity contribution >= 4 is 119 Å². The molecule has 13 amide bonds. The molecule has 36 nitrogen and oxygen atoms in total. The highest BCUT2D eigenvalue weighted by Gasteiger charge is 2.39. The van der Waals surface area contributed by atoms with Crippen molar-refractivity contribution in [1.82, 2.24) is 74.1 Å². The molecule has 0 spiro atoms. The molecule has 0 aliphatic heterocycles. The van der Waals surface area contributed by atoms with E-state index in [1.54, 1.807) is 121 Å². The number of amides is 13. The zero-order chi connectivity index (χ0) is 83.1. The molecule has 14 atom stereocenters. The minimum atomic E-state index is -1.90. The number of carbonyl (C=O) groups excluding carboxylic acids is 13. The number of hydrogen-bond donors (Lipinski definition) is 24. The first-order chi connectivity index (χ1) is 54.0. The molecular formula is C75H106N18O18S2. The van der Waals surface area contributed by atoms with Crippen molar-refractivity contribution in [3.05, 3.63) is 144 Å². The Morgan fingerprint density at radius 2 is 0.761 bits per heavy atom. The molecule has 1 heterocycles. The van der Waals surface area contributed by atoms with Gasteiger partial charge in [-0.1, -0.05) is 109 Å². The van der Waals surface area contributed by atoms with E-state index in [2.05, 4.69) is 99.4 Å². The van der Waals surface area contributed by atoms with E-state index in [1.807, 2.05) is 0 Å². The Labute approximate surface area is 664 Å². The number of aliphatic hydroxyl groups excluding tert-OH is 3. The Morgan fingerprint density at radius 3 is 1.18 bits per heavy atom. The van der Waals surface area contributed by atoms with Crippen LogP contribution in [-0.4, -0.2) is 244 Å². The van der Waals surface area contributed by atoms with E-state index in [0.29, 0.717) is 59.0 Å². The second kappa shape index (κ2) is 49.0. The van der Waals surface area contributed by atoms with E-state index in [4.69, 9.17) is 22.9 Å². The summed E-state index contributed by atoms with van der Waals surface area (Å²) in [6.45, 7) is 1.91. The van der Waals surface area contributed by atoms with E-state index in [1.165, 1.54) is 0 Å². The number of aromatic amines is 1. The van der Waals surface area contributed by atoms with Crippen LogP contribution < -0.4 is 92.1 Å². The van der Waals surface area contributed by atoms with Crippen LogP contribution in [0.2, 0.25) is 0 Å². The van der Waals surface area contributed by atoms with Crippen molar-refractivity contribution in [2.45, 2.75) is 169 Å². The third-order valence-electron chi connectivity index (χ3n) is 17.9. The first-order valence-corrected chi connectivity index (χ1v) is 38.1. The van der Waals surface area contributed by atoms with E-state index in [0.717, 1.165) is 13.8 Å². The number of carboxylic acid groups (broad SMARTS) is 1. The molecule has 616 valence electrons. The molecule has 0 bridgehead atoms. The number of para-hydroxylation sites is 1. The van der Waals surface area contributed by atoms with Crippen molar-refractivity contribution in [1.29, 1.82) is 0 Å². The normalized spacial score (nSPS) is 14.9. The highest BCUT2D eigenvalue weighted by Crippen LogP contribution is 2.21. The lowest BCUT2D eigenvalue weighted by atomic mass is 10.00. The number of fused-ring (bicyclic) bond motifs is 1. The number of thiol groups is 2. The maximum absolute atomic E-state index is 15.4. The number of primary amides is 1. The Morgan fingerprint density at radius 1 is 0.407 bits per heavy atom. The van der Waals surface area contributed by atoms with Crippen LogP contribution in [0, 0.1) is 0 Å². The lowest BCUT2D eigenvalue weighted by Gasteiger charge is -2.29. The molecule has 0 unspecified atom stereocenters. The molecule has 26 N–H and O–H groups in total. The van der Waals surface area contributed by atoms with E-state index in [-0.39, 0.29) is 82.6 Å². The summed E-state index contributed by atoms with van der Waals surface area (Å²) in [6.07, 6.45) is -2.74. The molecule has 0 radical (unpaired) electrons. The largest absolute Gasteiger partial charge is 0.480 e. The quantitative estimate of drug-likeness (QED) is 0.0128. The summed E-state index contributed by atoms with van der Waals surface area (Å²) in [6, 6.07) is 12.3. The summed E-state index contributed by atoms with van der Waals surface area (Å²) in [4.78, 5) is 199. The van der Waals surface area contributed by atoms with Gasteiger partial charge in [0.25, 0.3) is 0 Å². The molecule has 0 aliphatic carbocycles. The number of H-pyrrole nitrogens is 1. The standard InChI is InChI=1S/C75H106N18O18S2/c1-42(95)62(73(108)89-54(34-46-22-10-5-11-23-46)70(105)93-63(43(2)96)74(109)90-57(39-94)71(106)91-59(41-113)75(110)111)92-65(100)51(27-15-17-29-77)83-68(103)55(35-47-37-81-49-25-13-12-24-48(47)49)87-67(102)53(33-45-20-8-4-9-21-45)85-66(101)52(32-44-18-6-3-7-19-44)86-69(104)56(36-60(79)97)88-64(99)50(26-14-16-28-76)84-72(107)58(40-112)82-61(98)38-80-31-30-78/h3-13,18-25,37,42-43,50-59,62-63,80-81,94-96,112-113H,14-17,26-36,38-41,76-78H2,1-2H3,(H2,79,97)(H,82,98)(H,83,103)(H,84,107)(H,85,101)(H,86,104)(H,87,102)(H,88,99)(H,89,108)(H,90,109)(H,91,106)(H,92,100)(H,93,105)(H,110,111)/t42-,43-,50+,51+,52+,53+,54+,55-,56+,57+,58+,59+,62+,63+/m1/s1. The van der Waals surface area contributed by atoms with Crippen LogP contribution in [0.3, 0.4) is 0 Å². The minimum absolute atomic E-state index is 0.0279. The number of hydrogen-bond acceptors (Lipinski definition) is 23. The zero-order valence-electron chi connectivity index (χ0n) is 62.8. The van der Waals surface area contributed by atoms with Crippen molar-refractivity contribution < 1.29 is 87.5 Å². The SMILES string of the molecule is C[C@@H](O)[C@H](NC(=O)[C@H](Cc1ccccc1)NC(=O)[C@@H](NC(=O)[C@H](CCCCN)NC(=O)[C@@H](Cc1c[nH]c2ccccc12)NC(=O)[C@H](Cc1ccccc1)NC(=O)[C@H](Cc1ccccc1)NC(=O)[C@H](CC(N)=O)NC(=O)[C@H](CCCCN)NC(=O)[C@H](CS)NC(=O)CNCCN)[C@@H](C)O)C(=O)N[C@@H](CO)C(=O)N[C@@H](CS)C(=O)O. The highest BCUT2D eigenvalue weighted by molar-refractivity contribution is 7.80. The molecule has 0 saturated carbocycles. The van der Waals surface area contributed by atoms with Crippen molar-refractivity contribution in [2.75, 3.05) is 50.8 Å². The number of aromatic nitrogens is 1. The maximum Gasteiger partial charge on any atom is 0.327 e. The van der Waals surface area contributed by atoms with Gasteiger partial charge < -0.3 is 117 Å². The third kappa shape index (κ3) is 31.5. The molecule has 5 aromatic rings. The number of unbranched alkanes of at least 4 members (excludes halogenated alkanes) is 2. The first-order valence-electron chi connectivity index (χ1n) is 36.9. The number of nitrogens with two attached hydrogens (primary N) is 4. The van der Waals surface area contributed by atoms with Crippen LogP contribution in [-0.2, 0) is 92.8 Å². The van der Waals surface area contributed by atoms with Crippen molar-refractivity contribution in [3.8, 4) is 0 Å². The third-order valence-corrected chi connectivity index (χ3v) is 18.6. The minimum Gasteiger partial charge on any atom is -0.480 e. The number of nitrogens with one attached hydrogen (secondary N) is 14. The number of benzene rings is 4. The number of carbonyl (C=O) groups is 14. The van der Waals surface area contributed by atoms with Crippen molar-refractivity contribution in [2.24, 2.45) is 22.9 Å². The lowest BCUT2D eigenvalue weighted by Crippen LogP contribution is -2.63. The van der Waals surface area contributed by atoms with E-state index in [9.17, 15) is 73.2 Å². The zero-order valence-corrected chi connectivity index (χ0v) is 64.6. The number of aliphatic hydroxyl groups is 3. The van der Waals surface area contributed by atoms with Gasteiger partial charge in [-0.2, -0.15) is 25.3 Å². The number of carboxylic acids is 1. The van der Waals surface area contributed by atoms with Crippen LogP contribution in [0.25, 0.3) is 10.9 Å². The number of aliphatic carboxylic acids is 1. The fourth-order valence-electron chi connectivity index (χ4n) is 11.7. The van der Waals surface area contributed by atoms with Gasteiger partial charge in [0.15, 0.2) is 0 Å². The Hall–Kier alpha value is -10.6. The second-order valence-electron chi connectivity index (χ2n) is 26.8. The van der Waals surface area contributed by atoms with Gasteiger partial charge in [-0.05, 0) is 93.8 Å². The topological polar surface area (TPSA) is 596 Å². The monoisotopic (exact) mass is 1610 g/mol. The molecule has 1 aromatic heterocycles. The van der Waals surface area contributed by atoms with Crippen LogP contribution in [0.4, 0.5) is 0 Å². The molecule has 0 fully saturated rings. The molecule has 0 aliphatic rings. The molecule has 4 aromatic carbocycles. The molecule has 113 heavy (non-hydrogen) atoms. The van der Waals surface area contributed by atoms with Gasteiger partial charge in [-0.15, -0.1) is 0 Å². The van der Waals surface area contributed by atoms with Gasteiger partial charge in [0.05, 0.1) is 31.8 Å². The smallest absolute Gasteiger partial charge is 0.327 e. The van der Waals surface area contributed by atoms with Crippen LogP contribution in [0.1, 0.15) is 81.0 Å². The van der Waals surface area contributed by atoms with Gasteiger partial charge in [-0.25, -0.2) is 4.79 Å². The fourth-order valence-corrected chi connectivity index (χ4v) is 12.2. The summed E-state index contributed by atoms with van der Waals surface area (Å²) in [5, 5.41) is 75.1. The molecular weight excluding hydrogens is 1510 g/mol. The van der Waals surface area contributed by atoms with Gasteiger partial charge in [0.2, 0.25) is 76.8 Å². The molecule has 38 heteroatoms. The Bertz CT molecular complexity index is 3960. The van der Waals surface area contributed by atoms with Gasteiger partial charge in [0.1, 0.15) is 72.5 Å². The van der Waals surface area contributed by atoms with Gasteiger partial charge in [-0.3, -0.25) is 62.3 Å². The first kappa shape index (κ1) is 93.0. The summed E-state index contributed by atoms with van der Waals surface area (Å²) >= 11 is 8.12. The van der Waals surface area contributed by atoms with Gasteiger partial charge >= 0.3 is 5.97 Å². The fraction of sp³-hybridized carbons (Fsp3) is 0.467. The van der Waals surface area contributed by atoms with E-state index < -0.39 is 181 Å². The summed E-state index contributed by atoms with van der Waals surface area (Å²) in [5.74, 6) is -15.1. The summed E-state index contributed by atoms with van der Waals surface area (Å²) in [5.41, 5.74) is 25.4. The Kier molecular flexibility index (Phi) is 40.4. The lowest BCUT2D eigenvalue weighted by molar-refractivity contribution is -0.142. The highest BCUT2D eigenvalue weighted by atomic mass is 32.1. The van der Waals surface area contributed by atoms with E-state index >= 15 is 14.4 Å². The summed E-state index contributed by atoms with van der Waals surface area (Å²) in [7, 11) is 0. The van der Waals surface area contributed by atoms with Crippen molar-refractivity contribution in [3.63, 3.8) is 0 Å². The van der Waals surface area contributed by atoms with Gasteiger partial charge in [0, 0.05) is 67.4 Å². The number of rotatable bonds is 51. The average molecular weight is 1610 g/mol. The van der Waals surface area contributed by atoms with Crippen LogP contribution in [0.5, 0.6) is 0 Å².